The van der Waals surface area contributed by atoms with Crippen molar-refractivity contribution in [3.8, 4) is 0 Å². The van der Waals surface area contributed by atoms with E-state index in [9.17, 15) is 0 Å². The molecule has 0 aliphatic carbocycles. The lowest BCUT2D eigenvalue weighted by Gasteiger charge is -2.31. The zero-order chi connectivity index (χ0) is 14.5. The molecular weight excluding hydrogens is 291 g/mol. The fourth-order valence-corrected chi connectivity index (χ4v) is 2.53. The van der Waals surface area contributed by atoms with E-state index in [1.165, 1.54) is 0 Å². The van der Waals surface area contributed by atoms with E-state index in [0.717, 1.165) is 17.2 Å². The van der Waals surface area contributed by atoms with E-state index in [1.807, 2.05) is 84.6 Å². The summed E-state index contributed by atoms with van der Waals surface area (Å²) in [5.41, 5.74) is 2.04. The zero-order valence-electron chi connectivity index (χ0n) is 11.4. The molecular formula is C16H16Cl2N2. The number of para-hydroxylation sites is 2. The first kappa shape index (κ1) is 14.8. The molecule has 0 saturated heterocycles. The van der Waals surface area contributed by atoms with Crippen molar-refractivity contribution in [1.82, 2.24) is 0 Å². The number of rotatable bonds is 4. The number of hydrogen-bond acceptors (Lipinski definition) is 2. The van der Waals surface area contributed by atoms with Crippen LogP contribution in [-0.2, 0) is 0 Å². The average molecular weight is 307 g/mol. The highest BCUT2D eigenvalue weighted by Crippen LogP contribution is 2.28. The van der Waals surface area contributed by atoms with Crippen molar-refractivity contribution >= 4 is 34.6 Å². The molecule has 20 heavy (non-hydrogen) atoms. The van der Waals surface area contributed by atoms with Crippen LogP contribution in [0, 0.1) is 0 Å². The monoisotopic (exact) mass is 306 g/mol. The maximum Gasteiger partial charge on any atom is 0.147 e. The number of anilines is 2. The summed E-state index contributed by atoms with van der Waals surface area (Å²) in [5.74, 6) is 0.728. The summed E-state index contributed by atoms with van der Waals surface area (Å²) < 4.78 is 0.225. The van der Waals surface area contributed by atoms with E-state index in [1.54, 1.807) is 0 Å². The van der Waals surface area contributed by atoms with Crippen molar-refractivity contribution in [1.29, 1.82) is 0 Å². The molecule has 2 aromatic carbocycles. The van der Waals surface area contributed by atoms with E-state index in [-0.39, 0.29) is 4.49 Å². The molecule has 0 atom stereocenters. The van der Waals surface area contributed by atoms with Gasteiger partial charge in [-0.2, -0.15) is 0 Å². The first-order chi connectivity index (χ1) is 9.61. The number of hydrogen-bond donors (Lipinski definition) is 0. The summed E-state index contributed by atoms with van der Waals surface area (Å²) in [6.45, 7) is 0. The molecule has 0 aromatic heterocycles. The molecule has 104 valence electrons. The van der Waals surface area contributed by atoms with Crippen molar-refractivity contribution in [2.75, 3.05) is 23.9 Å². The second kappa shape index (κ2) is 6.69. The normalized spacial score (nSPS) is 10.0. The molecule has 0 spiro atoms. The van der Waals surface area contributed by atoms with E-state index >= 15 is 0 Å². The summed E-state index contributed by atoms with van der Waals surface area (Å²) >= 11 is 12.2. The van der Waals surface area contributed by atoms with E-state index in [2.05, 4.69) is 0 Å². The Morgan fingerprint density at radius 2 is 1.05 bits per heavy atom. The largest absolute Gasteiger partial charge is 0.329 e. The maximum atomic E-state index is 6.10. The first-order valence-electron chi connectivity index (χ1n) is 6.24. The van der Waals surface area contributed by atoms with Crippen LogP contribution in [0.2, 0.25) is 0 Å². The third-order valence-electron chi connectivity index (χ3n) is 3.09. The highest BCUT2D eigenvalue weighted by Gasteiger charge is 2.16. The fourth-order valence-electron chi connectivity index (χ4n) is 2.03. The second-order valence-electron chi connectivity index (χ2n) is 4.37. The van der Waals surface area contributed by atoms with E-state index in [4.69, 9.17) is 23.2 Å². The van der Waals surface area contributed by atoms with Gasteiger partial charge in [-0.25, -0.2) is 0 Å². The molecule has 0 aliphatic heterocycles. The minimum Gasteiger partial charge on any atom is -0.329 e. The van der Waals surface area contributed by atoms with Crippen molar-refractivity contribution < 1.29 is 0 Å². The van der Waals surface area contributed by atoms with Crippen LogP contribution in [0.1, 0.15) is 0 Å². The summed E-state index contributed by atoms with van der Waals surface area (Å²) in [6, 6.07) is 19.9. The molecule has 4 heteroatoms. The molecule has 2 nitrogen and oxygen atoms in total. The van der Waals surface area contributed by atoms with Crippen LogP contribution in [0.3, 0.4) is 0 Å². The van der Waals surface area contributed by atoms with Crippen LogP contribution in [-0.4, -0.2) is 14.1 Å². The van der Waals surface area contributed by atoms with Gasteiger partial charge in [-0.15, -0.1) is 0 Å². The van der Waals surface area contributed by atoms with Crippen molar-refractivity contribution in [2.24, 2.45) is 0 Å². The molecule has 0 aliphatic rings. The topological polar surface area (TPSA) is 6.48 Å². The second-order valence-corrected chi connectivity index (χ2v) is 5.32. The average Bonchev–Trinajstić information content (AvgIpc) is 2.48. The molecule has 0 heterocycles. The summed E-state index contributed by atoms with van der Waals surface area (Å²) in [4.78, 5) is 3.92. The van der Waals surface area contributed by atoms with E-state index < -0.39 is 0 Å². The Morgan fingerprint density at radius 3 is 1.35 bits per heavy atom. The number of benzene rings is 2. The summed E-state index contributed by atoms with van der Waals surface area (Å²) in [5, 5.41) is 0. The summed E-state index contributed by atoms with van der Waals surface area (Å²) in [6.07, 6.45) is 0. The maximum absolute atomic E-state index is 6.10. The molecule has 0 amide bonds. The quantitative estimate of drug-likeness (QED) is 0.795. The molecule has 2 rings (SSSR count). The third-order valence-corrected chi connectivity index (χ3v) is 3.43. The standard InChI is InChI=1S/C16H16Cl2N2/c1-19(13-9-5-3-6-10-13)16(15(17)18)20(2)14-11-7-4-8-12-14/h3-12H,1-2H3. The Morgan fingerprint density at radius 1 is 0.700 bits per heavy atom. The van der Waals surface area contributed by atoms with Gasteiger partial charge < -0.3 is 9.80 Å². The van der Waals surface area contributed by atoms with Crippen molar-refractivity contribution in [3.05, 3.63) is 71.0 Å². The molecule has 0 N–H and O–H groups in total. The number of nitrogens with zero attached hydrogens (tertiary/aromatic N) is 2. The van der Waals surface area contributed by atoms with Gasteiger partial charge in [0.15, 0.2) is 0 Å². The van der Waals surface area contributed by atoms with Crippen LogP contribution in [0.5, 0.6) is 0 Å². The Balaban J connectivity index is 2.36. The van der Waals surface area contributed by atoms with Gasteiger partial charge in [0.2, 0.25) is 0 Å². The highest BCUT2D eigenvalue weighted by molar-refractivity contribution is 6.56. The van der Waals surface area contributed by atoms with Gasteiger partial charge in [0, 0.05) is 25.5 Å². The van der Waals surface area contributed by atoms with E-state index in [0.29, 0.717) is 0 Å². The van der Waals surface area contributed by atoms with Gasteiger partial charge in [-0.3, -0.25) is 0 Å². The molecule has 0 bridgehead atoms. The predicted octanol–water partition coefficient (Wildman–Crippen LogP) is 4.86. The van der Waals surface area contributed by atoms with Gasteiger partial charge in [-0.1, -0.05) is 59.6 Å². The Bertz CT molecular complexity index is 530. The van der Waals surface area contributed by atoms with Gasteiger partial charge in [0.05, 0.1) is 0 Å². The fraction of sp³-hybridized carbons (Fsp3) is 0.125. The molecule has 0 radical (unpaired) electrons. The highest BCUT2D eigenvalue weighted by atomic mass is 35.5. The number of halogens is 2. The van der Waals surface area contributed by atoms with Crippen molar-refractivity contribution in [3.63, 3.8) is 0 Å². The van der Waals surface area contributed by atoms with Crippen LogP contribution in [0.15, 0.2) is 71.0 Å². The minimum atomic E-state index is 0.225. The van der Waals surface area contributed by atoms with Crippen LogP contribution in [0.4, 0.5) is 11.4 Å². The van der Waals surface area contributed by atoms with Crippen molar-refractivity contribution in [2.45, 2.75) is 0 Å². The van der Waals surface area contributed by atoms with Gasteiger partial charge in [0.25, 0.3) is 0 Å². The van der Waals surface area contributed by atoms with Crippen LogP contribution in [0.25, 0.3) is 0 Å². The van der Waals surface area contributed by atoms with Gasteiger partial charge in [0.1, 0.15) is 10.3 Å². The Labute approximate surface area is 129 Å². The molecule has 0 saturated carbocycles. The zero-order valence-corrected chi connectivity index (χ0v) is 12.9. The first-order valence-corrected chi connectivity index (χ1v) is 6.99. The van der Waals surface area contributed by atoms with Gasteiger partial charge >= 0.3 is 0 Å². The Kier molecular flexibility index (Phi) is 4.94. The third kappa shape index (κ3) is 3.27. The SMILES string of the molecule is CN(C(=C(Cl)Cl)N(C)c1ccccc1)c1ccccc1. The Hall–Kier alpha value is -1.64. The smallest absolute Gasteiger partial charge is 0.147 e. The van der Waals surface area contributed by atoms with Crippen LogP contribution < -0.4 is 9.80 Å². The van der Waals surface area contributed by atoms with Crippen LogP contribution >= 0.6 is 23.2 Å². The minimum absolute atomic E-state index is 0.225. The van der Waals surface area contributed by atoms with Gasteiger partial charge in [-0.05, 0) is 24.3 Å². The lowest BCUT2D eigenvalue weighted by molar-refractivity contribution is 0.977. The molecule has 0 fully saturated rings. The molecule has 2 aromatic rings. The molecule has 0 unspecified atom stereocenters. The predicted molar refractivity (Wildman–Crippen MR) is 88.4 cm³/mol. The summed E-state index contributed by atoms with van der Waals surface area (Å²) in [7, 11) is 3.88. The lowest BCUT2D eigenvalue weighted by Crippen LogP contribution is -2.30. The lowest BCUT2D eigenvalue weighted by atomic mass is 10.3.